The van der Waals surface area contributed by atoms with E-state index < -0.39 is 12.6 Å². The van der Waals surface area contributed by atoms with Crippen molar-refractivity contribution >= 4 is 22.8 Å². The fourth-order valence-corrected chi connectivity index (χ4v) is 3.82. The van der Waals surface area contributed by atoms with Crippen LogP contribution in [0.25, 0.3) is 22.2 Å². The summed E-state index contributed by atoms with van der Waals surface area (Å²) in [7, 11) is 0. The second-order valence-corrected chi connectivity index (χ2v) is 7.58. The zero-order valence-electron chi connectivity index (χ0n) is 18.2. The largest absolute Gasteiger partial charge is 0.479 e. The van der Waals surface area contributed by atoms with Gasteiger partial charge in [0.15, 0.2) is 12.4 Å². The lowest BCUT2D eigenvalue weighted by atomic mass is 10.00. The average molecular weight is 440 g/mol. The summed E-state index contributed by atoms with van der Waals surface area (Å²) in [5.41, 5.74) is 3.04. The number of carboxylic acid groups (broad SMARTS) is 1. The van der Waals surface area contributed by atoms with Crippen LogP contribution >= 0.6 is 0 Å². The normalized spacial score (nSPS) is 11.7. The van der Waals surface area contributed by atoms with E-state index in [9.17, 15) is 14.7 Å². The molecule has 4 aromatic rings. The number of nitrogens with zero attached hydrogens (tertiary/aromatic N) is 1. The number of hydrogen-bond donors (Lipinski definition) is 2. The van der Waals surface area contributed by atoms with E-state index in [1.54, 1.807) is 6.07 Å². The molecule has 0 saturated heterocycles. The number of carboxylic acids is 1. The van der Waals surface area contributed by atoms with Crippen LogP contribution in [0.4, 0.5) is 0 Å². The molecule has 33 heavy (non-hydrogen) atoms. The van der Waals surface area contributed by atoms with Crippen molar-refractivity contribution in [3.05, 3.63) is 96.1 Å². The number of benzene rings is 3. The molecule has 1 atom stereocenters. The van der Waals surface area contributed by atoms with Crippen LogP contribution in [-0.4, -0.2) is 28.6 Å². The fraction of sp³-hybridized carbons (Fsp3) is 0.148. The van der Waals surface area contributed by atoms with Crippen LogP contribution in [0, 0.1) is 0 Å². The molecule has 0 radical (unpaired) electrons. The first-order valence-corrected chi connectivity index (χ1v) is 10.8. The SMILES string of the molecule is CCC(NC(=O)c1c(OCC(=O)O)c(-c2ccccc2)nc2ccccc12)c1ccccc1. The van der Waals surface area contributed by atoms with Gasteiger partial charge in [-0.1, -0.05) is 85.8 Å². The first-order chi connectivity index (χ1) is 16.1. The Morgan fingerprint density at radius 2 is 1.58 bits per heavy atom. The van der Waals surface area contributed by atoms with Crippen LogP contribution in [0.5, 0.6) is 5.75 Å². The molecule has 1 heterocycles. The first-order valence-electron chi connectivity index (χ1n) is 10.8. The van der Waals surface area contributed by atoms with Crippen LogP contribution in [-0.2, 0) is 4.79 Å². The van der Waals surface area contributed by atoms with Crippen molar-refractivity contribution in [1.29, 1.82) is 0 Å². The minimum Gasteiger partial charge on any atom is -0.479 e. The molecule has 0 saturated carbocycles. The fourth-order valence-electron chi connectivity index (χ4n) is 3.82. The lowest BCUT2D eigenvalue weighted by Gasteiger charge is -2.21. The van der Waals surface area contributed by atoms with Crippen LogP contribution in [0.2, 0.25) is 0 Å². The van der Waals surface area contributed by atoms with Gasteiger partial charge < -0.3 is 15.2 Å². The summed E-state index contributed by atoms with van der Waals surface area (Å²) >= 11 is 0. The third-order valence-electron chi connectivity index (χ3n) is 5.38. The molecule has 4 rings (SSSR count). The summed E-state index contributed by atoms with van der Waals surface area (Å²) < 4.78 is 5.71. The maximum atomic E-state index is 13.7. The molecule has 0 fully saturated rings. The molecule has 1 aromatic heterocycles. The highest BCUT2D eigenvalue weighted by Gasteiger charge is 2.25. The number of nitrogens with one attached hydrogen (secondary N) is 1. The summed E-state index contributed by atoms with van der Waals surface area (Å²) in [6, 6.07) is 26.1. The molecule has 0 bridgehead atoms. The average Bonchev–Trinajstić information content (AvgIpc) is 2.86. The highest BCUT2D eigenvalue weighted by molar-refractivity contribution is 6.10. The van der Waals surface area contributed by atoms with Crippen LogP contribution in [0.3, 0.4) is 0 Å². The summed E-state index contributed by atoms with van der Waals surface area (Å²) in [4.78, 5) is 29.7. The Bertz CT molecular complexity index is 1270. The number of fused-ring (bicyclic) bond motifs is 1. The summed E-state index contributed by atoms with van der Waals surface area (Å²) in [5, 5.41) is 13.0. The molecule has 6 heteroatoms. The van der Waals surface area contributed by atoms with Gasteiger partial charge in [-0.25, -0.2) is 9.78 Å². The van der Waals surface area contributed by atoms with E-state index in [0.29, 0.717) is 23.0 Å². The zero-order chi connectivity index (χ0) is 23.2. The number of hydrogen-bond acceptors (Lipinski definition) is 4. The molecule has 1 amide bonds. The maximum absolute atomic E-state index is 13.7. The molecule has 0 spiro atoms. The molecule has 0 aliphatic heterocycles. The third-order valence-corrected chi connectivity index (χ3v) is 5.38. The summed E-state index contributed by atoms with van der Waals surface area (Å²) in [6.07, 6.45) is 0.690. The number of amides is 1. The van der Waals surface area contributed by atoms with Gasteiger partial charge in [-0.15, -0.1) is 0 Å². The zero-order valence-corrected chi connectivity index (χ0v) is 18.2. The van der Waals surface area contributed by atoms with E-state index in [1.807, 2.05) is 85.8 Å². The number of pyridine rings is 1. The molecule has 3 aromatic carbocycles. The van der Waals surface area contributed by atoms with Crippen LogP contribution in [0.1, 0.15) is 35.3 Å². The van der Waals surface area contributed by atoms with E-state index in [4.69, 9.17) is 9.72 Å². The predicted molar refractivity (Wildman–Crippen MR) is 127 cm³/mol. The molecular weight excluding hydrogens is 416 g/mol. The second-order valence-electron chi connectivity index (χ2n) is 7.58. The van der Waals surface area contributed by atoms with Gasteiger partial charge in [-0.2, -0.15) is 0 Å². The van der Waals surface area contributed by atoms with Gasteiger partial charge in [0.25, 0.3) is 5.91 Å². The number of ether oxygens (including phenoxy) is 1. The molecule has 6 nitrogen and oxygen atoms in total. The van der Waals surface area contributed by atoms with E-state index in [0.717, 1.165) is 11.1 Å². The Morgan fingerprint density at radius 1 is 0.939 bits per heavy atom. The van der Waals surface area contributed by atoms with Gasteiger partial charge in [-0.05, 0) is 18.1 Å². The maximum Gasteiger partial charge on any atom is 0.341 e. The number of aliphatic carboxylic acids is 1. The molecule has 0 aliphatic carbocycles. The van der Waals surface area contributed by atoms with Gasteiger partial charge in [0, 0.05) is 10.9 Å². The van der Waals surface area contributed by atoms with Crippen molar-refractivity contribution in [2.45, 2.75) is 19.4 Å². The number of carbonyl (C=O) groups excluding carboxylic acids is 1. The highest BCUT2D eigenvalue weighted by Crippen LogP contribution is 2.37. The van der Waals surface area contributed by atoms with Crippen LogP contribution < -0.4 is 10.1 Å². The van der Waals surface area contributed by atoms with E-state index in [2.05, 4.69) is 5.32 Å². The Hall–Kier alpha value is -4.19. The standard InChI is InChI=1S/C27H24N2O4/c1-2-21(18-11-5-3-6-12-18)29-27(32)24-20-15-9-10-16-22(20)28-25(19-13-7-4-8-14-19)26(24)33-17-23(30)31/h3-16,21H,2,17H2,1H3,(H,29,32)(H,30,31). The quantitative estimate of drug-likeness (QED) is 0.391. The van der Waals surface area contributed by atoms with Gasteiger partial charge in [0.05, 0.1) is 17.1 Å². The van der Waals surface area contributed by atoms with Gasteiger partial charge in [0.2, 0.25) is 0 Å². The number of rotatable bonds is 8. The van der Waals surface area contributed by atoms with Crippen molar-refractivity contribution in [2.75, 3.05) is 6.61 Å². The van der Waals surface area contributed by atoms with Gasteiger partial charge >= 0.3 is 5.97 Å². The minimum absolute atomic E-state index is 0.155. The number of carbonyl (C=O) groups is 2. The topological polar surface area (TPSA) is 88.5 Å². The summed E-state index contributed by atoms with van der Waals surface area (Å²) in [5.74, 6) is -1.33. The van der Waals surface area contributed by atoms with E-state index in [1.165, 1.54) is 0 Å². The minimum atomic E-state index is -1.13. The van der Waals surface area contributed by atoms with Gasteiger partial charge in [-0.3, -0.25) is 4.79 Å². The van der Waals surface area contributed by atoms with Gasteiger partial charge in [0.1, 0.15) is 5.69 Å². The Balaban J connectivity index is 1.88. The van der Waals surface area contributed by atoms with Crippen molar-refractivity contribution in [3.8, 4) is 17.0 Å². The van der Waals surface area contributed by atoms with E-state index >= 15 is 0 Å². The van der Waals surface area contributed by atoms with E-state index in [-0.39, 0.29) is 23.3 Å². The molecule has 2 N–H and O–H groups in total. The second kappa shape index (κ2) is 9.96. The van der Waals surface area contributed by atoms with Crippen molar-refractivity contribution in [2.24, 2.45) is 0 Å². The third kappa shape index (κ3) is 4.85. The number of para-hydroxylation sites is 1. The first kappa shape index (κ1) is 22.0. The van der Waals surface area contributed by atoms with Crippen molar-refractivity contribution in [3.63, 3.8) is 0 Å². The van der Waals surface area contributed by atoms with Crippen molar-refractivity contribution in [1.82, 2.24) is 10.3 Å². The lowest BCUT2D eigenvalue weighted by Crippen LogP contribution is -2.29. The molecular formula is C27H24N2O4. The Kier molecular flexibility index (Phi) is 6.64. The lowest BCUT2D eigenvalue weighted by molar-refractivity contribution is -0.139. The Morgan fingerprint density at radius 3 is 2.24 bits per heavy atom. The predicted octanol–water partition coefficient (Wildman–Crippen LogP) is 5.25. The molecule has 0 aliphatic rings. The van der Waals surface area contributed by atoms with Crippen LogP contribution in [0.15, 0.2) is 84.9 Å². The molecule has 166 valence electrons. The monoisotopic (exact) mass is 440 g/mol. The Labute approximate surface area is 191 Å². The highest BCUT2D eigenvalue weighted by atomic mass is 16.5. The number of aromatic nitrogens is 1. The van der Waals surface area contributed by atoms with Crippen molar-refractivity contribution < 1.29 is 19.4 Å². The molecule has 1 unspecified atom stereocenters. The summed E-state index contributed by atoms with van der Waals surface area (Å²) in [6.45, 7) is 1.41. The smallest absolute Gasteiger partial charge is 0.341 e.